The fourth-order valence-electron chi connectivity index (χ4n) is 4.03. The minimum atomic E-state index is 0.0573. The van der Waals surface area contributed by atoms with Crippen LogP contribution in [0, 0.1) is 0 Å². The number of nitrogens with zero attached hydrogens (tertiary/aromatic N) is 3. The maximum Gasteiger partial charge on any atom is 0.272 e. The molecule has 2 aromatic rings. The van der Waals surface area contributed by atoms with Gasteiger partial charge in [0.1, 0.15) is 5.69 Å². The van der Waals surface area contributed by atoms with Crippen LogP contribution in [0.25, 0.3) is 10.9 Å². The average Bonchev–Trinajstić information content (AvgIpc) is 3.22. The first-order chi connectivity index (χ1) is 12.8. The van der Waals surface area contributed by atoms with Crippen molar-refractivity contribution in [1.29, 1.82) is 0 Å². The number of likely N-dealkylation sites (tertiary alicyclic amines) is 1. The lowest BCUT2D eigenvalue weighted by Gasteiger charge is -2.35. The Bertz CT molecular complexity index is 752. The summed E-state index contributed by atoms with van der Waals surface area (Å²) in [6.45, 7) is 5.52. The van der Waals surface area contributed by atoms with E-state index in [4.69, 9.17) is 4.74 Å². The van der Waals surface area contributed by atoms with Gasteiger partial charge < -0.3 is 14.5 Å². The van der Waals surface area contributed by atoms with Crippen LogP contribution >= 0.6 is 0 Å². The van der Waals surface area contributed by atoms with Gasteiger partial charge >= 0.3 is 0 Å². The summed E-state index contributed by atoms with van der Waals surface area (Å²) < 4.78 is 5.51. The number of amides is 1. The lowest BCUT2D eigenvalue weighted by Crippen LogP contribution is -2.47. The van der Waals surface area contributed by atoms with Crippen LogP contribution in [-0.2, 0) is 4.74 Å². The Kier molecular flexibility index (Phi) is 5.46. The molecule has 5 heteroatoms. The number of rotatable bonds is 5. The monoisotopic (exact) mass is 353 g/mol. The molecule has 0 atom stereocenters. The van der Waals surface area contributed by atoms with Gasteiger partial charge in [0.05, 0.1) is 5.52 Å². The van der Waals surface area contributed by atoms with Gasteiger partial charge in [-0.05, 0) is 50.9 Å². The molecule has 0 unspecified atom stereocenters. The lowest BCUT2D eigenvalue weighted by atomic mass is 10.1. The molecule has 0 bridgehead atoms. The standard InChI is InChI=1S/C21H27N3O2/c25-21(20-8-7-17-5-1-2-6-19(17)22-20)24(18-9-15-26-16-10-18)14-13-23-11-3-4-12-23/h1-2,5-8,18H,3-4,9-16H2. The number of carbonyl (C=O) groups is 1. The van der Waals surface area contributed by atoms with Crippen LogP contribution in [0.4, 0.5) is 0 Å². The number of ether oxygens (including phenoxy) is 1. The molecule has 5 nitrogen and oxygen atoms in total. The Labute approximate surface area is 154 Å². The van der Waals surface area contributed by atoms with Crippen molar-refractivity contribution in [3.63, 3.8) is 0 Å². The molecule has 2 saturated heterocycles. The molecule has 2 fully saturated rings. The molecule has 0 spiro atoms. The van der Waals surface area contributed by atoms with Crippen LogP contribution in [0.3, 0.4) is 0 Å². The van der Waals surface area contributed by atoms with Gasteiger partial charge in [-0.2, -0.15) is 0 Å². The molecule has 2 aliphatic heterocycles. The van der Waals surface area contributed by atoms with Gasteiger partial charge in [0.15, 0.2) is 0 Å². The molecule has 0 aliphatic carbocycles. The van der Waals surface area contributed by atoms with Crippen LogP contribution in [0.2, 0.25) is 0 Å². The van der Waals surface area contributed by atoms with Crippen LogP contribution in [0.5, 0.6) is 0 Å². The highest BCUT2D eigenvalue weighted by Crippen LogP contribution is 2.19. The third-order valence-corrected chi connectivity index (χ3v) is 5.57. The predicted molar refractivity (Wildman–Crippen MR) is 102 cm³/mol. The fraction of sp³-hybridized carbons (Fsp3) is 0.524. The van der Waals surface area contributed by atoms with Gasteiger partial charge in [-0.3, -0.25) is 4.79 Å². The summed E-state index contributed by atoms with van der Waals surface area (Å²) in [7, 11) is 0. The summed E-state index contributed by atoms with van der Waals surface area (Å²) >= 11 is 0. The zero-order chi connectivity index (χ0) is 17.8. The van der Waals surface area contributed by atoms with Gasteiger partial charge in [0.25, 0.3) is 5.91 Å². The van der Waals surface area contributed by atoms with E-state index < -0.39 is 0 Å². The molecule has 0 radical (unpaired) electrons. The molecule has 138 valence electrons. The van der Waals surface area contributed by atoms with E-state index in [0.29, 0.717) is 5.69 Å². The third-order valence-electron chi connectivity index (χ3n) is 5.57. The molecule has 1 amide bonds. The summed E-state index contributed by atoms with van der Waals surface area (Å²) in [5.41, 5.74) is 1.43. The van der Waals surface area contributed by atoms with Gasteiger partial charge in [0, 0.05) is 37.7 Å². The summed E-state index contributed by atoms with van der Waals surface area (Å²) in [6, 6.07) is 12.1. The van der Waals surface area contributed by atoms with E-state index in [2.05, 4.69) is 14.8 Å². The van der Waals surface area contributed by atoms with Crippen molar-refractivity contribution < 1.29 is 9.53 Å². The first-order valence-electron chi connectivity index (χ1n) is 9.78. The van der Waals surface area contributed by atoms with Crippen molar-refractivity contribution in [3.8, 4) is 0 Å². The molecule has 3 heterocycles. The second-order valence-electron chi connectivity index (χ2n) is 7.28. The molecular formula is C21H27N3O2. The van der Waals surface area contributed by atoms with E-state index in [1.165, 1.54) is 12.8 Å². The van der Waals surface area contributed by atoms with E-state index >= 15 is 0 Å². The summed E-state index contributed by atoms with van der Waals surface area (Å²) in [5, 5.41) is 1.07. The molecule has 0 saturated carbocycles. The quantitative estimate of drug-likeness (QED) is 0.829. The van der Waals surface area contributed by atoms with Crippen LogP contribution in [0.15, 0.2) is 36.4 Å². The molecule has 1 aromatic heterocycles. The molecule has 4 rings (SSSR count). The number of fused-ring (bicyclic) bond motifs is 1. The Morgan fingerprint density at radius 3 is 2.69 bits per heavy atom. The number of pyridine rings is 1. The van der Waals surface area contributed by atoms with E-state index in [9.17, 15) is 4.79 Å². The van der Waals surface area contributed by atoms with Crippen LogP contribution in [0.1, 0.15) is 36.2 Å². The van der Waals surface area contributed by atoms with E-state index in [1.807, 2.05) is 36.4 Å². The number of carbonyl (C=O) groups excluding carboxylic acids is 1. The topological polar surface area (TPSA) is 45.7 Å². The van der Waals surface area contributed by atoms with E-state index in [1.54, 1.807) is 0 Å². The fourth-order valence-corrected chi connectivity index (χ4v) is 4.03. The zero-order valence-corrected chi connectivity index (χ0v) is 15.3. The van der Waals surface area contributed by atoms with Gasteiger partial charge in [-0.1, -0.05) is 24.3 Å². The SMILES string of the molecule is O=C(c1ccc2ccccc2n1)N(CCN1CCCC1)C1CCOCC1. The second-order valence-corrected chi connectivity index (χ2v) is 7.28. The summed E-state index contributed by atoms with van der Waals surface area (Å²) in [5.74, 6) is 0.0573. The third kappa shape index (κ3) is 3.89. The Balaban J connectivity index is 1.54. The van der Waals surface area contributed by atoms with Gasteiger partial charge in [0.2, 0.25) is 0 Å². The zero-order valence-electron chi connectivity index (χ0n) is 15.3. The van der Waals surface area contributed by atoms with Gasteiger partial charge in [-0.15, -0.1) is 0 Å². The van der Waals surface area contributed by atoms with Crippen molar-refractivity contribution in [2.45, 2.75) is 31.7 Å². The second kappa shape index (κ2) is 8.14. The van der Waals surface area contributed by atoms with Crippen molar-refractivity contribution in [3.05, 3.63) is 42.1 Å². The van der Waals surface area contributed by atoms with Crippen LogP contribution < -0.4 is 0 Å². The first kappa shape index (κ1) is 17.4. The highest BCUT2D eigenvalue weighted by Gasteiger charge is 2.28. The summed E-state index contributed by atoms with van der Waals surface area (Å²) in [4.78, 5) is 22.5. The Morgan fingerprint density at radius 1 is 1.12 bits per heavy atom. The summed E-state index contributed by atoms with van der Waals surface area (Å²) in [6.07, 6.45) is 4.38. The number of para-hydroxylation sites is 1. The van der Waals surface area contributed by atoms with Crippen molar-refractivity contribution in [2.24, 2.45) is 0 Å². The highest BCUT2D eigenvalue weighted by molar-refractivity contribution is 5.95. The highest BCUT2D eigenvalue weighted by atomic mass is 16.5. The molecular weight excluding hydrogens is 326 g/mol. The normalized spacial score (nSPS) is 19.1. The number of hydrogen-bond donors (Lipinski definition) is 0. The lowest BCUT2D eigenvalue weighted by molar-refractivity contribution is 0.0267. The molecule has 1 aromatic carbocycles. The van der Waals surface area contributed by atoms with Crippen LogP contribution in [-0.4, -0.2) is 66.1 Å². The molecule has 2 aliphatic rings. The Hall–Kier alpha value is -1.98. The minimum absolute atomic E-state index is 0.0573. The largest absolute Gasteiger partial charge is 0.381 e. The van der Waals surface area contributed by atoms with Gasteiger partial charge in [-0.25, -0.2) is 4.98 Å². The van der Waals surface area contributed by atoms with E-state index in [0.717, 1.165) is 63.1 Å². The van der Waals surface area contributed by atoms with E-state index in [-0.39, 0.29) is 11.9 Å². The first-order valence-corrected chi connectivity index (χ1v) is 9.78. The minimum Gasteiger partial charge on any atom is -0.381 e. The molecule has 26 heavy (non-hydrogen) atoms. The number of aromatic nitrogens is 1. The smallest absolute Gasteiger partial charge is 0.272 e. The average molecular weight is 353 g/mol. The predicted octanol–water partition coefficient (Wildman–Crippen LogP) is 2.95. The number of hydrogen-bond acceptors (Lipinski definition) is 4. The Morgan fingerprint density at radius 2 is 1.88 bits per heavy atom. The molecule has 0 N–H and O–H groups in total. The number of benzene rings is 1. The van der Waals surface area contributed by atoms with Crippen molar-refractivity contribution in [2.75, 3.05) is 39.4 Å². The van der Waals surface area contributed by atoms with Crippen molar-refractivity contribution in [1.82, 2.24) is 14.8 Å². The maximum absolute atomic E-state index is 13.3. The maximum atomic E-state index is 13.3. The van der Waals surface area contributed by atoms with Crippen molar-refractivity contribution >= 4 is 16.8 Å².